The molecule has 0 bridgehead atoms. The predicted molar refractivity (Wildman–Crippen MR) is 123 cm³/mol. The molecule has 1 aromatic heterocycles. The summed E-state index contributed by atoms with van der Waals surface area (Å²) in [5.74, 6) is -0.667. The number of halogens is 1. The molecule has 0 saturated heterocycles. The highest BCUT2D eigenvalue weighted by atomic mass is 32.1. The van der Waals surface area contributed by atoms with E-state index >= 15 is 0 Å². The molecule has 0 aliphatic heterocycles. The molecule has 1 N–H and O–H groups in total. The van der Waals surface area contributed by atoms with Gasteiger partial charge in [0, 0.05) is 24.4 Å². The van der Waals surface area contributed by atoms with Crippen molar-refractivity contribution in [2.75, 3.05) is 14.2 Å². The lowest BCUT2D eigenvalue weighted by molar-refractivity contribution is -0.114. The van der Waals surface area contributed by atoms with E-state index in [1.807, 2.05) is 25.1 Å². The Morgan fingerprint density at radius 2 is 2.00 bits per heavy atom. The maximum absolute atomic E-state index is 13.5. The molecule has 3 rings (SSSR count). The number of benzene rings is 2. The van der Waals surface area contributed by atoms with E-state index in [1.165, 1.54) is 37.6 Å². The Morgan fingerprint density at radius 1 is 1.22 bits per heavy atom. The van der Waals surface area contributed by atoms with Gasteiger partial charge >= 0.3 is 0 Å². The average Bonchev–Trinajstić information content (AvgIpc) is 3.28. The second-order valence-corrected chi connectivity index (χ2v) is 7.82. The topological polar surface area (TPSA) is 85.2 Å². The molecule has 0 aliphatic rings. The molecule has 1 heterocycles. The van der Waals surface area contributed by atoms with Gasteiger partial charge < -0.3 is 15.0 Å². The second kappa shape index (κ2) is 10.6. The molecule has 1 amide bonds. The Bertz CT molecular complexity index is 1170. The van der Waals surface area contributed by atoms with Gasteiger partial charge in [-0.15, -0.1) is 11.3 Å². The normalized spacial score (nSPS) is 11.9. The van der Waals surface area contributed by atoms with Crippen molar-refractivity contribution in [3.05, 3.63) is 76.2 Å². The Kier molecular flexibility index (Phi) is 7.67. The lowest BCUT2D eigenvalue weighted by Crippen LogP contribution is -2.29. The van der Waals surface area contributed by atoms with Crippen molar-refractivity contribution in [2.45, 2.75) is 20.5 Å². The molecule has 166 valence electrons. The van der Waals surface area contributed by atoms with Gasteiger partial charge in [-0.3, -0.25) is 4.79 Å². The van der Waals surface area contributed by atoms with Crippen molar-refractivity contribution in [3.8, 4) is 10.4 Å². The number of aromatic nitrogens is 1. The fraction of sp³-hybridized carbons (Fsp3) is 0.217. The summed E-state index contributed by atoms with van der Waals surface area (Å²) in [5, 5.41) is 11.3. The number of nitrogens with zero attached hydrogens (tertiary/aromatic N) is 3. The molecule has 0 spiro atoms. The smallest absolute Gasteiger partial charge is 0.273 e. The SMILES string of the molecule is CNC(=O)/C(=N/OC)c1cccc(C)c1CO/N=C(\C)c1ncc(-c2cccc(F)c2)s1. The van der Waals surface area contributed by atoms with Gasteiger partial charge in [-0.2, -0.15) is 0 Å². The van der Waals surface area contributed by atoms with Crippen molar-refractivity contribution in [1.82, 2.24) is 10.3 Å². The lowest BCUT2D eigenvalue weighted by Gasteiger charge is -2.12. The average molecular weight is 455 g/mol. The van der Waals surface area contributed by atoms with Crippen LogP contribution in [-0.2, 0) is 21.1 Å². The zero-order valence-electron chi connectivity index (χ0n) is 18.2. The summed E-state index contributed by atoms with van der Waals surface area (Å²) in [4.78, 5) is 27.9. The number of carbonyl (C=O) groups excluding carboxylic acids is 1. The number of likely N-dealkylation sites (N-methyl/N-ethyl adjacent to an activating group) is 1. The van der Waals surface area contributed by atoms with Gasteiger partial charge in [0.1, 0.15) is 30.3 Å². The van der Waals surface area contributed by atoms with E-state index < -0.39 is 0 Å². The van der Waals surface area contributed by atoms with Crippen LogP contribution in [0.4, 0.5) is 4.39 Å². The van der Waals surface area contributed by atoms with Crippen LogP contribution >= 0.6 is 11.3 Å². The minimum atomic E-state index is -0.369. The Balaban J connectivity index is 1.79. The van der Waals surface area contributed by atoms with Crippen LogP contribution in [0.1, 0.15) is 28.6 Å². The molecule has 0 unspecified atom stereocenters. The standard InChI is InChI=1S/C23H23FN4O3S/c1-14-7-5-10-18(21(28-30-4)22(29)25-3)19(14)13-31-27-15(2)23-26-12-20(32-23)16-8-6-9-17(24)11-16/h5-12H,13H2,1-4H3,(H,25,29)/b27-15+,28-21+. The van der Waals surface area contributed by atoms with Gasteiger partial charge in [0.05, 0.1) is 4.88 Å². The van der Waals surface area contributed by atoms with E-state index in [2.05, 4.69) is 20.6 Å². The summed E-state index contributed by atoms with van der Waals surface area (Å²) < 4.78 is 13.5. The molecular weight excluding hydrogens is 431 g/mol. The number of thiazole rings is 1. The molecule has 0 saturated carbocycles. The summed E-state index contributed by atoms with van der Waals surface area (Å²) in [6, 6.07) is 11.9. The number of nitrogens with one attached hydrogen (secondary N) is 1. The maximum Gasteiger partial charge on any atom is 0.273 e. The summed E-state index contributed by atoms with van der Waals surface area (Å²) in [5.41, 5.74) is 3.78. The van der Waals surface area contributed by atoms with E-state index in [0.717, 1.165) is 21.6 Å². The Labute approximate surface area is 189 Å². The van der Waals surface area contributed by atoms with Crippen molar-refractivity contribution in [2.24, 2.45) is 10.3 Å². The van der Waals surface area contributed by atoms with Crippen LogP contribution < -0.4 is 5.32 Å². The van der Waals surface area contributed by atoms with Crippen molar-refractivity contribution in [1.29, 1.82) is 0 Å². The van der Waals surface area contributed by atoms with E-state index in [1.54, 1.807) is 25.3 Å². The summed E-state index contributed by atoms with van der Waals surface area (Å²) in [6.07, 6.45) is 1.68. The van der Waals surface area contributed by atoms with Crippen LogP contribution in [0, 0.1) is 12.7 Å². The first-order chi connectivity index (χ1) is 15.4. The van der Waals surface area contributed by atoms with Crippen LogP contribution in [0.2, 0.25) is 0 Å². The minimum absolute atomic E-state index is 0.126. The van der Waals surface area contributed by atoms with E-state index in [0.29, 0.717) is 16.3 Å². The lowest BCUT2D eigenvalue weighted by atomic mass is 9.98. The first kappa shape index (κ1) is 23.1. The van der Waals surface area contributed by atoms with Crippen LogP contribution in [0.5, 0.6) is 0 Å². The molecule has 7 nitrogen and oxygen atoms in total. The highest BCUT2D eigenvalue weighted by Gasteiger charge is 2.19. The predicted octanol–water partition coefficient (Wildman–Crippen LogP) is 4.29. The molecule has 9 heteroatoms. The molecular formula is C23H23FN4O3S. The first-order valence-electron chi connectivity index (χ1n) is 9.75. The zero-order chi connectivity index (χ0) is 23.1. The van der Waals surface area contributed by atoms with Crippen LogP contribution in [0.25, 0.3) is 10.4 Å². The Hall–Kier alpha value is -3.59. The van der Waals surface area contributed by atoms with Gasteiger partial charge in [-0.05, 0) is 37.1 Å². The van der Waals surface area contributed by atoms with Crippen LogP contribution in [0.15, 0.2) is 59.0 Å². The van der Waals surface area contributed by atoms with Gasteiger partial charge in [0.2, 0.25) is 0 Å². The van der Waals surface area contributed by atoms with Crippen LogP contribution in [-0.4, -0.2) is 36.5 Å². The van der Waals surface area contributed by atoms with Crippen molar-refractivity contribution < 1.29 is 18.9 Å². The monoisotopic (exact) mass is 454 g/mol. The number of carbonyl (C=O) groups is 1. The fourth-order valence-corrected chi connectivity index (χ4v) is 3.84. The quantitative estimate of drug-likeness (QED) is 0.406. The van der Waals surface area contributed by atoms with E-state index in [9.17, 15) is 9.18 Å². The Morgan fingerprint density at radius 3 is 2.72 bits per heavy atom. The molecule has 0 aliphatic carbocycles. The third-order valence-electron chi connectivity index (χ3n) is 4.62. The van der Waals surface area contributed by atoms with Crippen LogP contribution in [0.3, 0.4) is 0 Å². The van der Waals surface area contributed by atoms with E-state index in [4.69, 9.17) is 9.68 Å². The number of hydrogen-bond acceptors (Lipinski definition) is 7. The highest BCUT2D eigenvalue weighted by Crippen LogP contribution is 2.27. The molecule has 0 radical (unpaired) electrons. The van der Waals surface area contributed by atoms with Gasteiger partial charge in [-0.25, -0.2) is 9.37 Å². The number of amides is 1. The molecule has 2 aromatic carbocycles. The van der Waals surface area contributed by atoms with E-state index in [-0.39, 0.29) is 24.0 Å². The van der Waals surface area contributed by atoms with Gasteiger partial charge in [0.15, 0.2) is 5.71 Å². The summed E-state index contributed by atoms with van der Waals surface area (Å²) in [7, 11) is 2.91. The molecule has 0 fully saturated rings. The highest BCUT2D eigenvalue weighted by molar-refractivity contribution is 7.17. The summed E-state index contributed by atoms with van der Waals surface area (Å²) >= 11 is 1.40. The summed E-state index contributed by atoms with van der Waals surface area (Å²) in [6.45, 7) is 3.83. The second-order valence-electron chi connectivity index (χ2n) is 6.79. The molecule has 0 atom stereocenters. The van der Waals surface area contributed by atoms with Gasteiger partial charge in [-0.1, -0.05) is 40.6 Å². The van der Waals surface area contributed by atoms with Crippen molar-refractivity contribution in [3.63, 3.8) is 0 Å². The fourth-order valence-electron chi connectivity index (χ4n) is 2.99. The third-order valence-corrected chi connectivity index (χ3v) is 5.78. The first-order valence-corrected chi connectivity index (χ1v) is 10.6. The number of rotatable bonds is 8. The van der Waals surface area contributed by atoms with Crippen molar-refractivity contribution >= 4 is 28.7 Å². The largest absolute Gasteiger partial charge is 0.398 e. The molecule has 3 aromatic rings. The zero-order valence-corrected chi connectivity index (χ0v) is 19.0. The number of aryl methyl sites for hydroxylation is 1. The third kappa shape index (κ3) is 5.36. The minimum Gasteiger partial charge on any atom is -0.398 e. The number of oxime groups is 2. The van der Waals surface area contributed by atoms with Gasteiger partial charge in [0.25, 0.3) is 5.91 Å². The maximum atomic E-state index is 13.5. The number of hydrogen-bond donors (Lipinski definition) is 1. The molecule has 32 heavy (non-hydrogen) atoms.